The minimum Gasteiger partial charge on any atom is -0.394 e. The molecule has 5 saturated heterocycles. The fourth-order valence-electron chi connectivity index (χ4n) is 14.0. The summed E-state index contributed by atoms with van der Waals surface area (Å²) in [6, 6.07) is 0. The van der Waals surface area contributed by atoms with Gasteiger partial charge in [0.1, 0.15) is 61.0 Å². The highest BCUT2D eigenvalue weighted by molar-refractivity contribution is 5.26. The van der Waals surface area contributed by atoms with Crippen molar-refractivity contribution in [2.24, 2.45) is 46.3 Å². The summed E-state index contributed by atoms with van der Waals surface area (Å²) in [4.78, 5) is 0. The first-order valence-corrected chi connectivity index (χ1v) is 23.2. The maximum absolute atomic E-state index is 12.0. The van der Waals surface area contributed by atoms with Crippen LogP contribution in [-0.2, 0) is 37.9 Å². The van der Waals surface area contributed by atoms with Crippen molar-refractivity contribution in [2.75, 3.05) is 13.2 Å². The Morgan fingerprint density at radius 3 is 1.97 bits per heavy atom. The molecule has 16 nitrogen and oxygen atoms in total. The van der Waals surface area contributed by atoms with Crippen molar-refractivity contribution >= 4 is 0 Å². The fraction of sp³-hybridized carbons (Fsp3) is 0.956. The number of ether oxygens (including phenoxy) is 8. The van der Waals surface area contributed by atoms with E-state index >= 15 is 0 Å². The molecule has 3 saturated carbocycles. The van der Waals surface area contributed by atoms with Crippen LogP contribution in [0.25, 0.3) is 0 Å². The maximum Gasteiger partial charge on any atom is 0.187 e. The van der Waals surface area contributed by atoms with E-state index in [0.29, 0.717) is 48.3 Å². The second kappa shape index (κ2) is 16.8. The molecule has 16 heteroatoms. The smallest absolute Gasteiger partial charge is 0.187 e. The van der Waals surface area contributed by atoms with Crippen LogP contribution in [0, 0.1) is 46.3 Å². The molecule has 1 spiro atoms. The first-order valence-electron chi connectivity index (χ1n) is 23.2. The summed E-state index contributed by atoms with van der Waals surface area (Å²) in [7, 11) is 0. The lowest BCUT2D eigenvalue weighted by molar-refractivity contribution is -0.388. The van der Waals surface area contributed by atoms with Crippen molar-refractivity contribution in [1.82, 2.24) is 0 Å². The Labute approximate surface area is 358 Å². The predicted molar refractivity (Wildman–Crippen MR) is 213 cm³/mol. The van der Waals surface area contributed by atoms with Crippen LogP contribution in [0.15, 0.2) is 11.6 Å². The van der Waals surface area contributed by atoms with Crippen LogP contribution in [-0.4, -0.2) is 164 Å². The molecule has 5 aliphatic heterocycles. The Bertz CT molecular complexity index is 1590. The molecule has 0 amide bonds. The third kappa shape index (κ3) is 7.42. The van der Waals surface area contributed by atoms with Crippen molar-refractivity contribution in [3.63, 3.8) is 0 Å². The molecule has 9 rings (SSSR count). The van der Waals surface area contributed by atoms with Crippen molar-refractivity contribution in [2.45, 2.75) is 209 Å². The molecule has 8 N–H and O–H groups in total. The topological polar surface area (TPSA) is 236 Å². The summed E-state index contributed by atoms with van der Waals surface area (Å²) in [5.41, 5.74) is 1.53. The fourth-order valence-corrected chi connectivity index (χ4v) is 14.0. The van der Waals surface area contributed by atoms with E-state index in [-0.39, 0.29) is 23.0 Å². The summed E-state index contributed by atoms with van der Waals surface area (Å²) in [6.45, 7) is 12.7. The molecule has 0 aromatic heterocycles. The van der Waals surface area contributed by atoms with Gasteiger partial charge < -0.3 is 78.7 Å². The second-order valence-electron chi connectivity index (χ2n) is 21.1. The lowest BCUT2D eigenvalue weighted by Gasteiger charge is -2.58. The molecule has 8 fully saturated rings. The molecule has 348 valence electrons. The number of aliphatic hydroxyl groups is 8. The number of hydrogen-bond acceptors (Lipinski definition) is 16. The van der Waals surface area contributed by atoms with Crippen molar-refractivity contribution in [1.29, 1.82) is 0 Å². The van der Waals surface area contributed by atoms with E-state index in [1.807, 2.05) is 0 Å². The molecule has 61 heavy (non-hydrogen) atoms. The first kappa shape index (κ1) is 45.3. The first-order chi connectivity index (χ1) is 28.9. The van der Waals surface area contributed by atoms with E-state index in [4.69, 9.17) is 37.9 Å². The second-order valence-corrected chi connectivity index (χ2v) is 21.1. The minimum absolute atomic E-state index is 0.0171. The van der Waals surface area contributed by atoms with E-state index in [9.17, 15) is 40.9 Å². The molecule has 2 unspecified atom stereocenters. The standard InChI is InChI=1S/C45H72O16/c1-19-9-14-45(54-18-19)20(2)30-28(61-45)16-27-25-8-7-23-15-24(10-12-43(23,5)26(25)11-13-44(27,30)6)57-42-39(60-41-36(52)34(50)32(48)22(4)56-41)37(53)38(29(17-46)58-42)59-40-35(51)33(49)31(47)21(3)55-40/h7,19-22,24-42,46-53H,8-18H2,1-6H3/t19-,20+,21+,22+,24+,25-,26+,27+,28+,29-,30?,31+,32+,33-,34-,35-,36-,37+,38-,39-,40+,41+,42-,43+,44+,45?/m1/s1. The van der Waals surface area contributed by atoms with Gasteiger partial charge in [-0.15, -0.1) is 0 Å². The summed E-state index contributed by atoms with van der Waals surface area (Å²) < 4.78 is 50.1. The quantitative estimate of drug-likeness (QED) is 0.168. The number of rotatable bonds is 7. The van der Waals surface area contributed by atoms with Crippen LogP contribution in [0.4, 0.5) is 0 Å². The van der Waals surface area contributed by atoms with Gasteiger partial charge in [-0.1, -0.05) is 39.3 Å². The third-order valence-corrected chi connectivity index (χ3v) is 17.6. The lowest BCUT2D eigenvalue weighted by atomic mass is 9.47. The Hall–Kier alpha value is -0.900. The number of aliphatic hydroxyl groups excluding tert-OH is 8. The summed E-state index contributed by atoms with van der Waals surface area (Å²) in [5, 5.41) is 85.9. The largest absolute Gasteiger partial charge is 0.394 e. The molecule has 0 aromatic rings. The Balaban J connectivity index is 0.916. The van der Waals surface area contributed by atoms with Crippen LogP contribution >= 0.6 is 0 Å². The average molecular weight is 869 g/mol. The highest BCUT2D eigenvalue weighted by Crippen LogP contribution is 2.70. The van der Waals surface area contributed by atoms with Crippen molar-refractivity contribution in [3.05, 3.63) is 11.6 Å². The highest BCUT2D eigenvalue weighted by atomic mass is 16.8. The van der Waals surface area contributed by atoms with Crippen LogP contribution in [0.5, 0.6) is 0 Å². The minimum atomic E-state index is -1.71. The highest BCUT2D eigenvalue weighted by Gasteiger charge is 2.69. The summed E-state index contributed by atoms with van der Waals surface area (Å²) >= 11 is 0. The molecule has 5 heterocycles. The molecular formula is C45H72O16. The van der Waals surface area contributed by atoms with Crippen LogP contribution in [0.2, 0.25) is 0 Å². The normalized spacial score (nSPS) is 58.4. The third-order valence-electron chi connectivity index (χ3n) is 17.6. The summed E-state index contributed by atoms with van der Waals surface area (Å²) in [6.07, 6.45) is -10.4. The Morgan fingerprint density at radius 1 is 0.689 bits per heavy atom. The van der Waals surface area contributed by atoms with Crippen molar-refractivity contribution < 1.29 is 78.7 Å². The van der Waals surface area contributed by atoms with Crippen LogP contribution in [0.3, 0.4) is 0 Å². The Kier molecular flexibility index (Phi) is 12.4. The van der Waals surface area contributed by atoms with Gasteiger partial charge in [-0.3, -0.25) is 0 Å². The van der Waals surface area contributed by atoms with Gasteiger partial charge in [0.25, 0.3) is 0 Å². The lowest BCUT2D eigenvalue weighted by Crippen LogP contribution is -2.66. The van der Waals surface area contributed by atoms with Gasteiger partial charge in [0, 0.05) is 12.3 Å². The van der Waals surface area contributed by atoms with E-state index in [1.165, 1.54) is 25.8 Å². The average Bonchev–Trinajstić information content (AvgIpc) is 3.69. The number of fused-ring (bicyclic) bond motifs is 7. The number of hydrogen-bond donors (Lipinski definition) is 8. The molecule has 26 atom stereocenters. The van der Waals surface area contributed by atoms with E-state index < -0.39 is 105 Å². The van der Waals surface area contributed by atoms with Crippen LogP contribution < -0.4 is 0 Å². The summed E-state index contributed by atoms with van der Waals surface area (Å²) in [5.74, 6) is 2.64. The van der Waals surface area contributed by atoms with Gasteiger partial charge in [-0.05, 0) is 106 Å². The molecule has 4 aliphatic carbocycles. The molecule has 0 aromatic carbocycles. The van der Waals surface area contributed by atoms with Gasteiger partial charge >= 0.3 is 0 Å². The maximum atomic E-state index is 12.0. The molecular weight excluding hydrogens is 796 g/mol. The van der Waals surface area contributed by atoms with E-state index in [1.54, 1.807) is 0 Å². The zero-order valence-electron chi connectivity index (χ0n) is 36.5. The number of allylic oxidation sites excluding steroid dienone is 1. The molecule has 0 bridgehead atoms. The SMILES string of the molecule is C[C@@H]1CCC2(OC1)O[C@H]1C[C@H]3[C@@H]4CC=C5C[C@@H](O[C@@H]6O[C@H](CO)[C@@H](O[C@@H]7O[C@@H](C)[C@H](O)[C@@H](O)[C@H]7O)[C@H](O)[C@H]6O[C@@H]6O[C@@H](C)[C@H](O)[C@@H](O)[C@H]6O)CC[C@]5(C)[C@H]4CC[C@]3(C)C1[C@@H]2C. The zero-order chi connectivity index (χ0) is 43.5. The van der Waals surface area contributed by atoms with Gasteiger partial charge in [0.05, 0.1) is 37.6 Å². The van der Waals surface area contributed by atoms with E-state index in [0.717, 1.165) is 45.1 Å². The molecule has 0 radical (unpaired) electrons. The predicted octanol–water partition coefficient (Wildman–Crippen LogP) is 1.24. The van der Waals surface area contributed by atoms with Crippen LogP contribution in [0.1, 0.15) is 99.3 Å². The van der Waals surface area contributed by atoms with Gasteiger partial charge in [-0.25, -0.2) is 0 Å². The molecule has 9 aliphatic rings. The Morgan fingerprint density at radius 2 is 1.34 bits per heavy atom. The van der Waals surface area contributed by atoms with E-state index in [2.05, 4.69) is 33.8 Å². The monoisotopic (exact) mass is 868 g/mol. The van der Waals surface area contributed by atoms with Gasteiger partial charge in [0.2, 0.25) is 0 Å². The van der Waals surface area contributed by atoms with Crippen molar-refractivity contribution in [3.8, 4) is 0 Å². The van der Waals surface area contributed by atoms with Gasteiger partial charge in [-0.2, -0.15) is 0 Å². The van der Waals surface area contributed by atoms with Gasteiger partial charge in [0.15, 0.2) is 24.7 Å². The zero-order valence-corrected chi connectivity index (χ0v) is 36.5.